The normalized spacial score (nSPS) is 32.9. The molecule has 3 N–H and O–H groups in total. The SMILES string of the molecule is CC(C)C(CN)c1nc2c([nH]1)C1CCC2(C)C1(C)C. The number of imidazole rings is 1. The first-order valence-corrected chi connectivity index (χ1v) is 7.63. The molecule has 1 aromatic rings. The first-order valence-electron chi connectivity index (χ1n) is 7.63. The Morgan fingerprint density at radius 1 is 1.37 bits per heavy atom. The van der Waals surface area contributed by atoms with Gasteiger partial charge in [-0.1, -0.05) is 34.6 Å². The molecule has 1 saturated carbocycles. The van der Waals surface area contributed by atoms with E-state index in [1.807, 2.05) is 0 Å². The fourth-order valence-corrected chi connectivity index (χ4v) is 4.38. The number of rotatable bonds is 3. The lowest BCUT2D eigenvalue weighted by Crippen LogP contribution is -2.32. The van der Waals surface area contributed by atoms with Crippen LogP contribution in [-0.2, 0) is 5.41 Å². The van der Waals surface area contributed by atoms with Gasteiger partial charge in [-0.05, 0) is 24.2 Å². The molecule has 1 aromatic heterocycles. The molecule has 1 heterocycles. The van der Waals surface area contributed by atoms with Crippen molar-refractivity contribution in [1.82, 2.24) is 9.97 Å². The molecule has 3 nitrogen and oxygen atoms in total. The number of nitrogens with one attached hydrogen (secondary N) is 1. The Labute approximate surface area is 116 Å². The molecular formula is C16H27N3. The van der Waals surface area contributed by atoms with E-state index in [0.717, 1.165) is 5.82 Å². The summed E-state index contributed by atoms with van der Waals surface area (Å²) in [6.45, 7) is 12.3. The van der Waals surface area contributed by atoms with Gasteiger partial charge in [-0.2, -0.15) is 0 Å². The molecule has 0 radical (unpaired) electrons. The Hall–Kier alpha value is -0.830. The minimum atomic E-state index is 0.248. The zero-order valence-electron chi connectivity index (χ0n) is 12.9. The lowest BCUT2D eigenvalue weighted by atomic mass is 9.70. The number of aromatic amines is 1. The number of nitrogens with two attached hydrogens (primary N) is 1. The Morgan fingerprint density at radius 2 is 2.05 bits per heavy atom. The lowest BCUT2D eigenvalue weighted by molar-refractivity contribution is 0.224. The quantitative estimate of drug-likeness (QED) is 0.877. The highest BCUT2D eigenvalue weighted by Gasteiger charge is 2.61. The summed E-state index contributed by atoms with van der Waals surface area (Å²) in [5.74, 6) is 2.67. The fourth-order valence-electron chi connectivity index (χ4n) is 4.38. The van der Waals surface area contributed by atoms with E-state index in [9.17, 15) is 0 Å². The maximum atomic E-state index is 5.94. The molecule has 106 valence electrons. The molecular weight excluding hydrogens is 234 g/mol. The Bertz CT molecular complexity index is 500. The van der Waals surface area contributed by atoms with Gasteiger partial charge in [0.25, 0.3) is 0 Å². The maximum absolute atomic E-state index is 5.94. The van der Waals surface area contributed by atoms with E-state index >= 15 is 0 Å². The van der Waals surface area contributed by atoms with Crippen molar-refractivity contribution in [3.63, 3.8) is 0 Å². The summed E-state index contributed by atoms with van der Waals surface area (Å²) in [6.07, 6.45) is 2.57. The predicted molar refractivity (Wildman–Crippen MR) is 78.3 cm³/mol. The highest BCUT2D eigenvalue weighted by Crippen LogP contribution is 2.67. The van der Waals surface area contributed by atoms with Gasteiger partial charge in [-0.3, -0.25) is 0 Å². The van der Waals surface area contributed by atoms with Crippen molar-refractivity contribution in [2.75, 3.05) is 6.54 Å². The summed E-state index contributed by atoms with van der Waals surface area (Å²) >= 11 is 0. The molecule has 0 saturated heterocycles. The van der Waals surface area contributed by atoms with E-state index in [4.69, 9.17) is 10.7 Å². The first kappa shape index (κ1) is 13.2. The first-order chi connectivity index (χ1) is 8.83. The van der Waals surface area contributed by atoms with Crippen LogP contribution < -0.4 is 5.73 Å². The van der Waals surface area contributed by atoms with Gasteiger partial charge >= 0.3 is 0 Å². The highest BCUT2D eigenvalue weighted by atomic mass is 15.0. The van der Waals surface area contributed by atoms with Crippen molar-refractivity contribution >= 4 is 0 Å². The summed E-state index contributed by atoms with van der Waals surface area (Å²) < 4.78 is 0. The molecule has 3 heteroatoms. The van der Waals surface area contributed by atoms with Crippen LogP contribution in [0.1, 0.15) is 76.5 Å². The summed E-state index contributed by atoms with van der Waals surface area (Å²) in [5, 5.41) is 0. The van der Waals surface area contributed by atoms with Gasteiger partial charge in [0, 0.05) is 29.5 Å². The maximum Gasteiger partial charge on any atom is 0.111 e. The zero-order valence-corrected chi connectivity index (χ0v) is 12.9. The number of fused-ring (bicyclic) bond motifs is 5. The predicted octanol–water partition coefficient (Wildman–Crippen LogP) is 3.28. The van der Waals surface area contributed by atoms with Crippen LogP contribution in [0.2, 0.25) is 0 Å². The van der Waals surface area contributed by atoms with Crippen molar-refractivity contribution in [1.29, 1.82) is 0 Å². The number of aromatic nitrogens is 2. The van der Waals surface area contributed by atoms with Crippen LogP contribution in [-0.4, -0.2) is 16.5 Å². The summed E-state index contributed by atoms with van der Waals surface area (Å²) in [6, 6.07) is 0. The summed E-state index contributed by atoms with van der Waals surface area (Å²) in [4.78, 5) is 8.64. The average molecular weight is 261 g/mol. The monoisotopic (exact) mass is 261 g/mol. The molecule has 0 spiro atoms. The van der Waals surface area contributed by atoms with E-state index in [1.165, 1.54) is 24.2 Å². The molecule has 3 rings (SSSR count). The molecule has 0 aromatic carbocycles. The van der Waals surface area contributed by atoms with Crippen LogP contribution in [0, 0.1) is 11.3 Å². The third-order valence-electron chi connectivity index (χ3n) is 6.26. The number of hydrogen-bond donors (Lipinski definition) is 2. The molecule has 1 fully saturated rings. The Morgan fingerprint density at radius 3 is 2.58 bits per heavy atom. The minimum Gasteiger partial charge on any atom is -0.345 e. The van der Waals surface area contributed by atoms with Gasteiger partial charge < -0.3 is 10.7 Å². The minimum absolute atomic E-state index is 0.248. The van der Waals surface area contributed by atoms with E-state index in [1.54, 1.807) is 0 Å². The summed E-state index contributed by atoms with van der Waals surface area (Å²) in [5.41, 5.74) is 9.27. The average Bonchev–Trinajstić information content (AvgIpc) is 2.87. The van der Waals surface area contributed by atoms with Gasteiger partial charge in [0.1, 0.15) is 5.82 Å². The second-order valence-electron chi connectivity index (χ2n) is 7.62. The Kier molecular flexibility index (Phi) is 2.66. The third kappa shape index (κ3) is 1.45. The van der Waals surface area contributed by atoms with Gasteiger partial charge in [-0.25, -0.2) is 4.98 Å². The molecule has 2 aliphatic carbocycles. The van der Waals surface area contributed by atoms with Gasteiger partial charge in [0.2, 0.25) is 0 Å². The van der Waals surface area contributed by atoms with E-state index in [0.29, 0.717) is 29.7 Å². The van der Waals surface area contributed by atoms with Crippen LogP contribution >= 0.6 is 0 Å². The topological polar surface area (TPSA) is 54.7 Å². The standard InChI is InChI=1S/C16H27N3/c1-9(2)10(8-17)14-18-12-11-6-7-16(5,13(12)19-14)15(11,3)4/h9-11H,6-8,17H2,1-5H3,(H,18,19). The molecule has 2 bridgehead atoms. The van der Waals surface area contributed by atoms with Crippen LogP contribution in [0.3, 0.4) is 0 Å². The van der Waals surface area contributed by atoms with Crippen molar-refractivity contribution in [2.45, 2.75) is 64.7 Å². The zero-order chi connectivity index (χ0) is 14.0. The molecule has 3 unspecified atom stereocenters. The van der Waals surface area contributed by atoms with Crippen LogP contribution in [0.5, 0.6) is 0 Å². The van der Waals surface area contributed by atoms with Crippen molar-refractivity contribution in [3.8, 4) is 0 Å². The summed E-state index contributed by atoms with van der Waals surface area (Å²) in [7, 11) is 0. The van der Waals surface area contributed by atoms with Crippen LogP contribution in [0.15, 0.2) is 0 Å². The van der Waals surface area contributed by atoms with Crippen LogP contribution in [0.4, 0.5) is 0 Å². The van der Waals surface area contributed by atoms with E-state index in [-0.39, 0.29) is 5.41 Å². The molecule has 3 atom stereocenters. The van der Waals surface area contributed by atoms with Crippen LogP contribution in [0.25, 0.3) is 0 Å². The molecule has 19 heavy (non-hydrogen) atoms. The van der Waals surface area contributed by atoms with Gasteiger partial charge in [-0.15, -0.1) is 0 Å². The fraction of sp³-hybridized carbons (Fsp3) is 0.812. The second kappa shape index (κ2) is 3.85. The molecule has 0 amide bonds. The molecule has 2 aliphatic rings. The van der Waals surface area contributed by atoms with Crippen molar-refractivity contribution in [3.05, 3.63) is 17.2 Å². The number of H-pyrrole nitrogens is 1. The smallest absolute Gasteiger partial charge is 0.111 e. The largest absolute Gasteiger partial charge is 0.345 e. The molecule has 0 aliphatic heterocycles. The number of hydrogen-bond acceptors (Lipinski definition) is 2. The van der Waals surface area contributed by atoms with E-state index in [2.05, 4.69) is 39.6 Å². The Balaban J connectivity index is 2.05. The second-order valence-corrected chi connectivity index (χ2v) is 7.62. The van der Waals surface area contributed by atoms with Crippen molar-refractivity contribution in [2.24, 2.45) is 17.1 Å². The third-order valence-corrected chi connectivity index (χ3v) is 6.26. The number of nitrogens with zero attached hydrogens (tertiary/aromatic N) is 1. The van der Waals surface area contributed by atoms with Gasteiger partial charge in [0.15, 0.2) is 0 Å². The van der Waals surface area contributed by atoms with Crippen molar-refractivity contribution < 1.29 is 0 Å². The highest BCUT2D eigenvalue weighted by molar-refractivity contribution is 5.42. The van der Waals surface area contributed by atoms with E-state index < -0.39 is 0 Å². The lowest BCUT2D eigenvalue weighted by Gasteiger charge is -2.34. The van der Waals surface area contributed by atoms with Gasteiger partial charge in [0.05, 0.1) is 5.69 Å².